The van der Waals surface area contributed by atoms with Crippen LogP contribution in [0.2, 0.25) is 0 Å². The molecule has 0 aliphatic heterocycles. The minimum absolute atomic E-state index is 0.801. The van der Waals surface area contributed by atoms with Crippen LogP contribution in [0.25, 0.3) is 88.5 Å². The summed E-state index contributed by atoms with van der Waals surface area (Å²) in [6.45, 7) is 0. The second-order valence-corrected chi connectivity index (χ2v) is 12.1. The molecule has 5 aromatic heterocycles. The van der Waals surface area contributed by atoms with Crippen LogP contribution < -0.4 is 0 Å². The van der Waals surface area contributed by atoms with Crippen molar-refractivity contribution in [3.05, 3.63) is 164 Å². The highest BCUT2D eigenvalue weighted by Gasteiger charge is 2.19. The summed E-state index contributed by atoms with van der Waals surface area (Å²) in [5.74, 6) is 0. The van der Waals surface area contributed by atoms with Gasteiger partial charge in [-0.2, -0.15) is 0 Å². The summed E-state index contributed by atoms with van der Waals surface area (Å²) < 4.78 is 4.78. The summed E-state index contributed by atoms with van der Waals surface area (Å²) in [4.78, 5) is 14.4. The molecule has 0 spiro atoms. The number of para-hydroxylation sites is 3. The lowest BCUT2D eigenvalue weighted by molar-refractivity contribution is 1.14. The molecule has 5 heteroatoms. The summed E-state index contributed by atoms with van der Waals surface area (Å²) >= 11 is 0. The first-order valence-electron chi connectivity index (χ1n) is 16.1. The number of pyridine rings is 3. The number of nitrogens with zero attached hydrogens (tertiary/aromatic N) is 5. The Hall–Kier alpha value is -6.59. The number of benzene rings is 5. The molecule has 0 saturated heterocycles. The standard InChI is InChI=1S/C43H27N5/c1-2-12-29(13-3-1)48-41-19-7-4-14-31(41)33-21-20-28-24-42-35(27-34(28)43(33)48)32-15-5-6-18-40(32)47(42)30-25-38(36-16-8-10-22-44-36)46-39(26-30)37-17-9-11-23-45-37/h1-27H. The first kappa shape index (κ1) is 26.6. The lowest BCUT2D eigenvalue weighted by Gasteiger charge is -2.13. The second-order valence-electron chi connectivity index (χ2n) is 12.1. The highest BCUT2D eigenvalue weighted by atomic mass is 15.0. The second kappa shape index (κ2) is 10.5. The van der Waals surface area contributed by atoms with Gasteiger partial charge in [-0.3, -0.25) is 9.97 Å². The molecule has 0 N–H and O–H groups in total. The molecule has 0 unspecified atom stereocenters. The van der Waals surface area contributed by atoms with Crippen molar-refractivity contribution in [3.8, 4) is 34.2 Å². The Kier molecular flexibility index (Phi) is 5.81. The minimum Gasteiger partial charge on any atom is -0.309 e. The topological polar surface area (TPSA) is 48.5 Å². The lowest BCUT2D eigenvalue weighted by atomic mass is 10.0. The van der Waals surface area contributed by atoms with Crippen LogP contribution in [0, 0.1) is 0 Å². The SMILES string of the molecule is c1ccc(-n2c3ccccc3c3ccc4cc5c(cc4c32)c2ccccc2n5-c2cc(-c3ccccn3)nc(-c3ccccn3)c2)cc1. The predicted octanol–water partition coefficient (Wildman–Crippen LogP) is 10.6. The van der Waals surface area contributed by atoms with E-state index in [0.717, 1.165) is 45.2 Å². The van der Waals surface area contributed by atoms with E-state index in [0.29, 0.717) is 0 Å². The zero-order valence-electron chi connectivity index (χ0n) is 25.8. The fraction of sp³-hybridized carbons (Fsp3) is 0. The van der Waals surface area contributed by atoms with Crippen molar-refractivity contribution in [1.82, 2.24) is 24.1 Å². The van der Waals surface area contributed by atoms with E-state index in [1.807, 2.05) is 48.8 Å². The Labute approximate surface area is 276 Å². The molecule has 5 heterocycles. The van der Waals surface area contributed by atoms with Gasteiger partial charge < -0.3 is 9.13 Å². The van der Waals surface area contributed by atoms with E-state index >= 15 is 0 Å². The zero-order chi connectivity index (χ0) is 31.6. The molecule has 10 rings (SSSR count). The summed E-state index contributed by atoms with van der Waals surface area (Å²) in [5, 5.41) is 7.31. The number of hydrogen-bond acceptors (Lipinski definition) is 3. The van der Waals surface area contributed by atoms with Crippen LogP contribution in [0.4, 0.5) is 0 Å². The molecular weight excluding hydrogens is 587 g/mol. The van der Waals surface area contributed by atoms with E-state index in [-0.39, 0.29) is 0 Å². The Morgan fingerprint density at radius 1 is 0.354 bits per heavy atom. The fourth-order valence-electron chi connectivity index (χ4n) is 7.31. The average Bonchev–Trinajstić information content (AvgIpc) is 3.67. The van der Waals surface area contributed by atoms with Gasteiger partial charge in [0.1, 0.15) is 0 Å². The number of hydrogen-bond donors (Lipinski definition) is 0. The summed E-state index contributed by atoms with van der Waals surface area (Å²) in [6.07, 6.45) is 3.62. The first-order valence-corrected chi connectivity index (χ1v) is 16.1. The molecule has 0 saturated carbocycles. The maximum absolute atomic E-state index is 5.05. The van der Waals surface area contributed by atoms with Crippen molar-refractivity contribution in [2.45, 2.75) is 0 Å². The van der Waals surface area contributed by atoms with Crippen LogP contribution in [0.15, 0.2) is 164 Å². The van der Waals surface area contributed by atoms with Gasteiger partial charge in [0.25, 0.3) is 0 Å². The zero-order valence-corrected chi connectivity index (χ0v) is 25.8. The van der Waals surface area contributed by atoms with Crippen LogP contribution in [-0.2, 0) is 0 Å². The van der Waals surface area contributed by atoms with Gasteiger partial charge in [0, 0.05) is 45.0 Å². The Balaban J connectivity index is 1.31. The largest absolute Gasteiger partial charge is 0.309 e. The van der Waals surface area contributed by atoms with Crippen molar-refractivity contribution in [3.63, 3.8) is 0 Å². The van der Waals surface area contributed by atoms with Gasteiger partial charge in [-0.15, -0.1) is 0 Å². The van der Waals surface area contributed by atoms with Gasteiger partial charge in [-0.25, -0.2) is 4.98 Å². The van der Waals surface area contributed by atoms with Crippen LogP contribution in [0.3, 0.4) is 0 Å². The summed E-state index contributed by atoms with van der Waals surface area (Å²) in [7, 11) is 0. The Morgan fingerprint density at radius 2 is 0.958 bits per heavy atom. The number of rotatable bonds is 4. The smallest absolute Gasteiger partial charge is 0.0915 e. The highest BCUT2D eigenvalue weighted by molar-refractivity contribution is 6.22. The maximum atomic E-state index is 5.05. The normalized spacial score (nSPS) is 11.8. The first-order chi connectivity index (χ1) is 23.8. The molecule has 5 nitrogen and oxygen atoms in total. The molecule has 0 aliphatic carbocycles. The lowest BCUT2D eigenvalue weighted by Crippen LogP contribution is -1.99. The molecule has 0 bridgehead atoms. The van der Waals surface area contributed by atoms with E-state index in [2.05, 4.69) is 134 Å². The molecule has 0 amide bonds. The number of fused-ring (bicyclic) bond motifs is 8. The third kappa shape index (κ3) is 4.01. The quantitative estimate of drug-likeness (QED) is 0.198. The molecule has 0 atom stereocenters. The van der Waals surface area contributed by atoms with Crippen LogP contribution in [0.5, 0.6) is 0 Å². The molecule has 0 fully saturated rings. The summed E-state index contributed by atoms with van der Waals surface area (Å²) in [5.41, 5.74) is 10.1. The van der Waals surface area contributed by atoms with Gasteiger partial charge >= 0.3 is 0 Å². The molecule has 224 valence electrons. The molecule has 10 aromatic rings. The van der Waals surface area contributed by atoms with Gasteiger partial charge in [0.15, 0.2) is 0 Å². The van der Waals surface area contributed by atoms with Crippen molar-refractivity contribution in [1.29, 1.82) is 0 Å². The van der Waals surface area contributed by atoms with Gasteiger partial charge in [0.05, 0.1) is 50.5 Å². The van der Waals surface area contributed by atoms with Crippen molar-refractivity contribution in [2.75, 3.05) is 0 Å². The Morgan fingerprint density at radius 3 is 1.62 bits per heavy atom. The van der Waals surface area contributed by atoms with Crippen molar-refractivity contribution < 1.29 is 0 Å². The minimum atomic E-state index is 0.801. The third-order valence-electron chi connectivity index (χ3n) is 9.38. The van der Waals surface area contributed by atoms with E-state index in [9.17, 15) is 0 Å². The molecule has 0 aliphatic rings. The van der Waals surface area contributed by atoms with Gasteiger partial charge in [0.2, 0.25) is 0 Å². The monoisotopic (exact) mass is 613 g/mol. The maximum Gasteiger partial charge on any atom is 0.0915 e. The molecule has 5 aromatic carbocycles. The van der Waals surface area contributed by atoms with E-state index in [1.54, 1.807) is 0 Å². The molecular formula is C43H27N5. The van der Waals surface area contributed by atoms with Crippen molar-refractivity contribution in [2.24, 2.45) is 0 Å². The van der Waals surface area contributed by atoms with E-state index in [1.165, 1.54) is 43.4 Å². The molecule has 48 heavy (non-hydrogen) atoms. The van der Waals surface area contributed by atoms with Crippen LogP contribution >= 0.6 is 0 Å². The van der Waals surface area contributed by atoms with Gasteiger partial charge in [-0.1, -0.05) is 78.9 Å². The fourth-order valence-corrected chi connectivity index (χ4v) is 7.31. The third-order valence-corrected chi connectivity index (χ3v) is 9.38. The van der Waals surface area contributed by atoms with E-state index in [4.69, 9.17) is 4.98 Å². The summed E-state index contributed by atoms with van der Waals surface area (Å²) in [6, 6.07) is 53.5. The predicted molar refractivity (Wildman–Crippen MR) is 197 cm³/mol. The highest BCUT2D eigenvalue weighted by Crippen LogP contribution is 2.41. The van der Waals surface area contributed by atoms with Gasteiger partial charge in [-0.05, 0) is 78.2 Å². The molecule has 0 radical (unpaired) electrons. The van der Waals surface area contributed by atoms with E-state index < -0.39 is 0 Å². The van der Waals surface area contributed by atoms with Crippen LogP contribution in [-0.4, -0.2) is 24.1 Å². The van der Waals surface area contributed by atoms with Crippen molar-refractivity contribution >= 4 is 54.4 Å². The average molecular weight is 614 g/mol. The Bertz CT molecular complexity index is 2760. The number of aromatic nitrogens is 5. The van der Waals surface area contributed by atoms with Crippen LogP contribution in [0.1, 0.15) is 0 Å².